The van der Waals surface area contributed by atoms with E-state index < -0.39 is 0 Å². The summed E-state index contributed by atoms with van der Waals surface area (Å²) in [6, 6.07) is 12.3. The highest BCUT2D eigenvalue weighted by Gasteiger charge is 1.97. The molecular formula is C23H31IN2O4. The van der Waals surface area contributed by atoms with Gasteiger partial charge in [0.1, 0.15) is 6.61 Å². The van der Waals surface area contributed by atoms with Gasteiger partial charge in [-0.05, 0) is 29.3 Å². The molecule has 2 rings (SSSR count). The van der Waals surface area contributed by atoms with Gasteiger partial charge >= 0.3 is 0 Å². The van der Waals surface area contributed by atoms with Gasteiger partial charge in [-0.3, -0.25) is 0 Å². The summed E-state index contributed by atoms with van der Waals surface area (Å²) in [5.41, 5.74) is 3.36. The fourth-order valence-electron chi connectivity index (χ4n) is 2.45. The maximum absolute atomic E-state index is 5.60. The van der Waals surface area contributed by atoms with Gasteiger partial charge in [-0.1, -0.05) is 46.9 Å². The average molecular weight is 524 g/mol. The van der Waals surface area contributed by atoms with Gasteiger partial charge in [0, 0.05) is 36.5 Å². The van der Waals surface area contributed by atoms with Crippen molar-refractivity contribution in [1.82, 2.24) is 4.98 Å². The number of benzene rings is 1. The molecule has 0 fully saturated rings. The summed E-state index contributed by atoms with van der Waals surface area (Å²) in [4.78, 5) is 6.42. The summed E-state index contributed by atoms with van der Waals surface area (Å²) in [7, 11) is 4.07. The van der Waals surface area contributed by atoms with Crippen LogP contribution in [0.5, 0.6) is 5.88 Å². The van der Waals surface area contributed by atoms with E-state index in [0.29, 0.717) is 45.5 Å². The molecule has 2 aromatic rings. The highest BCUT2D eigenvalue weighted by atomic mass is 125. The molecule has 0 amide bonds. The van der Waals surface area contributed by atoms with E-state index in [1.807, 2.05) is 32.3 Å². The Hall–Kier alpha value is -1.68. The van der Waals surface area contributed by atoms with E-state index in [4.69, 9.17) is 18.9 Å². The molecule has 0 N–H and O–H groups in total. The number of alkyl halides is 1. The van der Waals surface area contributed by atoms with Crippen LogP contribution in [0.3, 0.4) is 0 Å². The number of rotatable bonds is 15. The third-order valence-corrected chi connectivity index (χ3v) is 4.52. The topological polar surface area (TPSA) is 53.1 Å². The molecule has 6 nitrogen and oxygen atoms in total. The molecule has 0 atom stereocenters. The van der Waals surface area contributed by atoms with Gasteiger partial charge in [0.15, 0.2) is 0 Å². The number of halogens is 1. The number of hydrogen-bond donors (Lipinski definition) is 0. The molecule has 0 aliphatic rings. The normalized spacial score (nSPS) is 11.2. The molecule has 164 valence electrons. The van der Waals surface area contributed by atoms with Crippen molar-refractivity contribution in [2.75, 3.05) is 69.7 Å². The Morgan fingerprint density at radius 3 is 1.90 bits per heavy atom. The van der Waals surface area contributed by atoms with Gasteiger partial charge in [-0.25, -0.2) is 4.98 Å². The summed E-state index contributed by atoms with van der Waals surface area (Å²) >= 11 is 2.28. The van der Waals surface area contributed by atoms with Crippen LogP contribution in [0.2, 0.25) is 0 Å². The maximum atomic E-state index is 5.60. The van der Waals surface area contributed by atoms with E-state index in [2.05, 4.69) is 62.8 Å². The second kappa shape index (κ2) is 15.2. The molecular weight excluding hydrogens is 493 g/mol. The molecule has 0 aliphatic carbocycles. The first-order valence-electron chi connectivity index (χ1n) is 10.0. The highest BCUT2D eigenvalue weighted by Crippen LogP contribution is 2.15. The minimum absolute atomic E-state index is 0.458. The lowest BCUT2D eigenvalue weighted by Gasteiger charge is -2.11. The largest absolute Gasteiger partial charge is 0.475 e. The molecule has 30 heavy (non-hydrogen) atoms. The Bertz CT molecular complexity index is 721. The van der Waals surface area contributed by atoms with Crippen molar-refractivity contribution < 1.29 is 18.9 Å². The third-order valence-electron chi connectivity index (χ3n) is 4.08. The van der Waals surface area contributed by atoms with Crippen LogP contribution in [0.25, 0.3) is 12.2 Å². The number of nitrogens with zero attached hydrogens (tertiary/aromatic N) is 2. The predicted molar refractivity (Wildman–Crippen MR) is 131 cm³/mol. The van der Waals surface area contributed by atoms with Crippen LogP contribution >= 0.6 is 22.6 Å². The number of hydrogen-bond acceptors (Lipinski definition) is 6. The fourth-order valence-corrected chi connectivity index (χ4v) is 2.76. The molecule has 0 spiro atoms. The molecule has 0 aliphatic heterocycles. The lowest BCUT2D eigenvalue weighted by Crippen LogP contribution is -2.13. The number of aromatic nitrogens is 1. The van der Waals surface area contributed by atoms with E-state index in [0.717, 1.165) is 22.2 Å². The Kier molecular flexibility index (Phi) is 12.4. The Labute approximate surface area is 193 Å². The maximum Gasteiger partial charge on any atom is 0.213 e. The average Bonchev–Trinajstić information content (AvgIpc) is 2.77. The van der Waals surface area contributed by atoms with Gasteiger partial charge < -0.3 is 23.8 Å². The summed E-state index contributed by atoms with van der Waals surface area (Å²) < 4.78 is 22.8. The van der Waals surface area contributed by atoms with E-state index in [-0.39, 0.29) is 0 Å². The standard InChI is InChI=1S/C23H31IN2O4/c1-26(2)22-8-5-20(6-9-22)3-4-21-7-10-23(25-19-21)30-18-17-29-16-15-28-14-13-27-12-11-24/h3-10,19H,11-18H2,1-2H3/b4-3+/i24-2. The fraction of sp³-hybridized carbons (Fsp3) is 0.435. The number of anilines is 1. The van der Waals surface area contributed by atoms with Crippen molar-refractivity contribution in [3.63, 3.8) is 0 Å². The van der Waals surface area contributed by atoms with Crippen molar-refractivity contribution in [2.24, 2.45) is 0 Å². The van der Waals surface area contributed by atoms with Crippen LogP contribution in [-0.2, 0) is 14.2 Å². The first-order valence-corrected chi connectivity index (χ1v) is 11.5. The molecule has 1 aromatic heterocycles. The summed E-state index contributed by atoms with van der Waals surface area (Å²) in [5, 5.41) is 0. The lowest BCUT2D eigenvalue weighted by atomic mass is 10.1. The number of pyridine rings is 1. The van der Waals surface area contributed by atoms with Gasteiger partial charge in [-0.15, -0.1) is 0 Å². The predicted octanol–water partition coefficient (Wildman–Crippen LogP) is 4.18. The smallest absolute Gasteiger partial charge is 0.213 e. The van der Waals surface area contributed by atoms with E-state index >= 15 is 0 Å². The molecule has 0 bridgehead atoms. The Morgan fingerprint density at radius 1 is 0.767 bits per heavy atom. The molecule has 1 aromatic carbocycles. The van der Waals surface area contributed by atoms with Crippen molar-refractivity contribution in [3.8, 4) is 5.88 Å². The molecule has 7 heteroatoms. The summed E-state index contributed by atoms with van der Waals surface area (Å²) in [6.45, 7) is 4.06. The molecule has 0 radical (unpaired) electrons. The molecule has 1 heterocycles. The Balaban J connectivity index is 1.58. The van der Waals surface area contributed by atoms with Gasteiger partial charge in [0.25, 0.3) is 0 Å². The van der Waals surface area contributed by atoms with Crippen molar-refractivity contribution >= 4 is 40.4 Å². The van der Waals surface area contributed by atoms with Crippen LogP contribution in [0.4, 0.5) is 5.69 Å². The number of ether oxygens (including phenoxy) is 4. The van der Waals surface area contributed by atoms with Gasteiger partial charge in [0.2, 0.25) is 5.88 Å². The first-order chi connectivity index (χ1) is 14.7. The lowest BCUT2D eigenvalue weighted by molar-refractivity contribution is 0.0117. The van der Waals surface area contributed by atoms with Gasteiger partial charge in [-0.2, -0.15) is 0 Å². The SMILES string of the molecule is CN(C)c1ccc(/C=C/c2ccc(OCCOCCOCCOCC[125I])nc2)cc1. The molecule has 0 saturated carbocycles. The minimum atomic E-state index is 0.458. The van der Waals surface area contributed by atoms with Crippen molar-refractivity contribution in [2.45, 2.75) is 0 Å². The Morgan fingerprint density at radius 2 is 1.33 bits per heavy atom. The zero-order valence-corrected chi connectivity index (χ0v) is 19.9. The molecule has 0 unspecified atom stereocenters. The summed E-state index contributed by atoms with van der Waals surface area (Å²) in [6.07, 6.45) is 5.91. The van der Waals surface area contributed by atoms with Gasteiger partial charge in [0.05, 0.1) is 39.6 Å². The second-order valence-corrected chi connectivity index (χ2v) is 7.70. The van der Waals surface area contributed by atoms with Crippen LogP contribution in [0.15, 0.2) is 42.6 Å². The monoisotopic (exact) mass is 524 g/mol. The van der Waals surface area contributed by atoms with Crippen molar-refractivity contribution in [1.29, 1.82) is 0 Å². The zero-order valence-electron chi connectivity index (χ0n) is 17.8. The van der Waals surface area contributed by atoms with Crippen molar-refractivity contribution in [3.05, 3.63) is 53.7 Å². The third kappa shape index (κ3) is 10.4. The van der Waals surface area contributed by atoms with E-state index in [1.54, 1.807) is 6.20 Å². The molecule has 0 saturated heterocycles. The van der Waals surface area contributed by atoms with Crippen LogP contribution in [-0.4, -0.2) is 69.8 Å². The van der Waals surface area contributed by atoms with Crippen LogP contribution in [0, 0.1) is 0 Å². The van der Waals surface area contributed by atoms with E-state index in [9.17, 15) is 0 Å². The highest BCUT2D eigenvalue weighted by molar-refractivity contribution is 14.1. The summed E-state index contributed by atoms with van der Waals surface area (Å²) in [5.74, 6) is 0.592. The van der Waals surface area contributed by atoms with Crippen LogP contribution in [0.1, 0.15) is 11.1 Å². The van der Waals surface area contributed by atoms with E-state index in [1.165, 1.54) is 5.69 Å². The second-order valence-electron chi connectivity index (χ2n) is 6.62. The first kappa shape index (κ1) is 24.6. The van der Waals surface area contributed by atoms with Crippen LogP contribution < -0.4 is 9.64 Å². The minimum Gasteiger partial charge on any atom is -0.475 e. The quantitative estimate of drug-likeness (QED) is 0.198. The zero-order chi connectivity index (χ0) is 21.4.